The van der Waals surface area contributed by atoms with Crippen molar-refractivity contribution in [1.82, 2.24) is 5.32 Å². The summed E-state index contributed by atoms with van der Waals surface area (Å²) in [5, 5.41) is 6.79. The van der Waals surface area contributed by atoms with Crippen molar-refractivity contribution in [2.75, 3.05) is 43.1 Å². The molecule has 0 radical (unpaired) electrons. The van der Waals surface area contributed by atoms with Crippen LogP contribution in [0.4, 0.5) is 11.4 Å². The first-order valence-electron chi connectivity index (χ1n) is 11.8. The molecule has 172 valence electrons. The second-order valence-electron chi connectivity index (χ2n) is 9.22. The fraction of sp³-hybridized carbons (Fsp3) is 0.500. The number of ether oxygens (including phenoxy) is 2. The zero-order valence-corrected chi connectivity index (χ0v) is 19.2. The van der Waals surface area contributed by atoms with Crippen LogP contribution in [0.3, 0.4) is 0 Å². The monoisotopic (exact) mass is 437 g/mol. The summed E-state index contributed by atoms with van der Waals surface area (Å²) in [5.74, 6) is 1.14. The maximum Gasteiger partial charge on any atom is 0.255 e. The highest BCUT2D eigenvalue weighted by atomic mass is 16.5. The predicted octanol–water partition coefficient (Wildman–Crippen LogP) is 4.32. The Morgan fingerprint density at radius 2 is 1.75 bits per heavy atom. The number of hydrogen-bond acceptors (Lipinski definition) is 5. The molecule has 0 spiro atoms. The van der Waals surface area contributed by atoms with Crippen molar-refractivity contribution in [2.24, 2.45) is 5.92 Å². The highest BCUT2D eigenvalue weighted by Gasteiger charge is 2.25. The molecule has 6 heteroatoms. The number of anilines is 2. The van der Waals surface area contributed by atoms with E-state index < -0.39 is 0 Å². The summed E-state index contributed by atoms with van der Waals surface area (Å²) in [6.45, 7) is 8.71. The molecule has 0 aromatic heterocycles. The van der Waals surface area contributed by atoms with Gasteiger partial charge in [0.05, 0.1) is 6.61 Å². The number of nitrogens with zero attached hydrogens (tertiary/aromatic N) is 1. The van der Waals surface area contributed by atoms with Crippen LogP contribution in [0.2, 0.25) is 0 Å². The van der Waals surface area contributed by atoms with E-state index in [1.165, 1.54) is 5.69 Å². The van der Waals surface area contributed by atoms with Gasteiger partial charge in [0.25, 0.3) is 5.91 Å². The first-order valence-corrected chi connectivity index (χ1v) is 11.8. The Balaban J connectivity index is 1.27. The van der Waals surface area contributed by atoms with Gasteiger partial charge in [0.1, 0.15) is 5.75 Å². The highest BCUT2D eigenvalue weighted by molar-refractivity contribution is 6.04. The van der Waals surface area contributed by atoms with Gasteiger partial charge in [-0.15, -0.1) is 0 Å². The minimum Gasteiger partial charge on any atom is -0.493 e. The quantitative estimate of drug-likeness (QED) is 0.644. The van der Waals surface area contributed by atoms with Crippen molar-refractivity contribution in [3.8, 4) is 5.75 Å². The molecular formula is C26H35N3O3. The van der Waals surface area contributed by atoms with E-state index in [0.717, 1.165) is 57.0 Å². The minimum absolute atomic E-state index is 0.116. The largest absolute Gasteiger partial charge is 0.493 e. The van der Waals surface area contributed by atoms with E-state index in [-0.39, 0.29) is 5.91 Å². The average Bonchev–Trinajstić information content (AvgIpc) is 3.27. The van der Waals surface area contributed by atoms with Gasteiger partial charge in [-0.2, -0.15) is 0 Å². The molecule has 2 N–H and O–H groups in total. The van der Waals surface area contributed by atoms with Gasteiger partial charge in [0, 0.05) is 55.3 Å². The van der Waals surface area contributed by atoms with Crippen molar-refractivity contribution in [2.45, 2.75) is 45.2 Å². The zero-order valence-electron chi connectivity index (χ0n) is 19.2. The van der Waals surface area contributed by atoms with E-state index in [2.05, 4.69) is 41.5 Å². The maximum absolute atomic E-state index is 12.6. The maximum atomic E-state index is 12.6. The van der Waals surface area contributed by atoms with E-state index in [4.69, 9.17) is 9.47 Å². The summed E-state index contributed by atoms with van der Waals surface area (Å²) in [7, 11) is 0. The molecule has 1 unspecified atom stereocenters. The summed E-state index contributed by atoms with van der Waals surface area (Å²) in [6.07, 6.45) is 3.38. The van der Waals surface area contributed by atoms with Crippen molar-refractivity contribution >= 4 is 17.3 Å². The first-order chi connectivity index (χ1) is 15.6. The van der Waals surface area contributed by atoms with Gasteiger partial charge in [-0.05, 0) is 73.7 Å². The minimum atomic E-state index is -0.116. The van der Waals surface area contributed by atoms with Gasteiger partial charge in [0.2, 0.25) is 0 Å². The number of hydrogen-bond donors (Lipinski definition) is 2. The number of carbonyl (C=O) groups excluding carboxylic acids is 1. The summed E-state index contributed by atoms with van der Waals surface area (Å²) >= 11 is 0. The fourth-order valence-corrected chi connectivity index (χ4v) is 4.25. The zero-order chi connectivity index (χ0) is 22.3. The molecule has 1 amide bonds. The molecule has 2 aliphatic rings. The lowest BCUT2D eigenvalue weighted by molar-refractivity contribution is 0.0755. The lowest BCUT2D eigenvalue weighted by Crippen LogP contribution is -2.42. The second-order valence-corrected chi connectivity index (χ2v) is 9.22. The molecule has 32 heavy (non-hydrogen) atoms. The summed E-state index contributed by atoms with van der Waals surface area (Å²) in [5.41, 5.74) is 2.62. The van der Waals surface area contributed by atoms with Crippen LogP contribution in [0.1, 0.15) is 43.5 Å². The summed E-state index contributed by atoms with van der Waals surface area (Å²) < 4.78 is 11.1. The van der Waals surface area contributed by atoms with Gasteiger partial charge in [-0.25, -0.2) is 0 Å². The Labute approximate surface area is 191 Å². The van der Waals surface area contributed by atoms with E-state index in [9.17, 15) is 4.79 Å². The van der Waals surface area contributed by atoms with Crippen molar-refractivity contribution < 1.29 is 14.3 Å². The standard InChI is InChI=1S/C26H35N3O3/c1-19(2)18-32-25-9-3-20(4-10-25)26(30)28-21-5-7-24(8-6-21)29-14-11-23(17-29)27-22-12-15-31-16-13-22/h3-10,19,22-23,27H,11-18H2,1-2H3,(H,28,30). The van der Waals surface area contributed by atoms with E-state index in [1.54, 1.807) is 12.1 Å². The SMILES string of the molecule is CC(C)COc1ccc(C(=O)Nc2ccc(N3CCC(NC4CCOCC4)C3)cc2)cc1. The van der Waals surface area contributed by atoms with Crippen molar-refractivity contribution in [3.63, 3.8) is 0 Å². The molecule has 2 saturated heterocycles. The smallest absolute Gasteiger partial charge is 0.255 e. The lowest BCUT2D eigenvalue weighted by Gasteiger charge is -2.27. The van der Waals surface area contributed by atoms with Gasteiger partial charge >= 0.3 is 0 Å². The van der Waals surface area contributed by atoms with E-state index in [0.29, 0.717) is 30.2 Å². The molecule has 0 saturated carbocycles. The number of rotatable bonds is 8. The third-order valence-corrected chi connectivity index (χ3v) is 6.07. The van der Waals surface area contributed by atoms with Crippen molar-refractivity contribution in [1.29, 1.82) is 0 Å². The molecule has 1 atom stereocenters. The van der Waals surface area contributed by atoms with Crippen molar-refractivity contribution in [3.05, 3.63) is 54.1 Å². The number of benzene rings is 2. The molecule has 2 aromatic rings. The molecule has 2 aromatic carbocycles. The van der Waals surface area contributed by atoms with Crippen LogP contribution in [0.15, 0.2) is 48.5 Å². The average molecular weight is 438 g/mol. The summed E-state index contributed by atoms with van der Waals surface area (Å²) in [6, 6.07) is 16.6. The molecule has 2 heterocycles. The van der Waals surface area contributed by atoms with Crippen LogP contribution in [-0.4, -0.2) is 50.9 Å². The Morgan fingerprint density at radius 3 is 2.44 bits per heavy atom. The third kappa shape index (κ3) is 6.24. The molecule has 2 aliphatic heterocycles. The topological polar surface area (TPSA) is 62.8 Å². The van der Waals surface area contributed by atoms with Gasteiger partial charge in [0.15, 0.2) is 0 Å². The molecule has 0 bridgehead atoms. The Hall–Kier alpha value is -2.57. The number of nitrogens with one attached hydrogen (secondary N) is 2. The van der Waals surface area contributed by atoms with Crippen LogP contribution in [0.25, 0.3) is 0 Å². The Kier molecular flexibility index (Phi) is 7.66. The Morgan fingerprint density at radius 1 is 1.03 bits per heavy atom. The molecule has 0 aliphatic carbocycles. The van der Waals surface area contributed by atoms with Gasteiger partial charge in [-0.1, -0.05) is 13.8 Å². The first kappa shape index (κ1) is 22.6. The number of amides is 1. The van der Waals surface area contributed by atoms with Crippen LogP contribution < -0.4 is 20.3 Å². The van der Waals surface area contributed by atoms with Crippen LogP contribution >= 0.6 is 0 Å². The molecule has 2 fully saturated rings. The normalized spacial score (nSPS) is 19.3. The molecule has 6 nitrogen and oxygen atoms in total. The molecule has 4 rings (SSSR count). The van der Waals surface area contributed by atoms with E-state index in [1.807, 2.05) is 24.3 Å². The van der Waals surface area contributed by atoms with Gasteiger partial charge in [-0.3, -0.25) is 4.79 Å². The van der Waals surface area contributed by atoms with Crippen LogP contribution in [-0.2, 0) is 4.74 Å². The van der Waals surface area contributed by atoms with Crippen LogP contribution in [0.5, 0.6) is 5.75 Å². The second kappa shape index (κ2) is 10.8. The Bertz CT molecular complexity index is 861. The fourth-order valence-electron chi connectivity index (χ4n) is 4.25. The lowest BCUT2D eigenvalue weighted by atomic mass is 10.1. The highest BCUT2D eigenvalue weighted by Crippen LogP contribution is 2.24. The van der Waals surface area contributed by atoms with Gasteiger partial charge < -0.3 is 25.0 Å². The summed E-state index contributed by atoms with van der Waals surface area (Å²) in [4.78, 5) is 15.0. The molecular weight excluding hydrogens is 402 g/mol. The van der Waals surface area contributed by atoms with E-state index >= 15 is 0 Å². The number of carbonyl (C=O) groups is 1. The van der Waals surface area contributed by atoms with Crippen LogP contribution in [0, 0.1) is 5.92 Å². The third-order valence-electron chi connectivity index (χ3n) is 6.07. The predicted molar refractivity (Wildman–Crippen MR) is 129 cm³/mol.